The molecule has 0 saturated heterocycles. The monoisotopic (exact) mass is 279 g/mol. The third kappa shape index (κ3) is 3.29. The lowest BCUT2D eigenvalue weighted by atomic mass is 9.83. The van der Waals surface area contributed by atoms with E-state index in [0.29, 0.717) is 12.0 Å². The topological polar surface area (TPSA) is 12.0 Å². The summed E-state index contributed by atoms with van der Waals surface area (Å²) < 4.78 is 0. The lowest BCUT2D eigenvalue weighted by Crippen LogP contribution is -2.33. The Hall–Kier alpha value is -1.76. The van der Waals surface area contributed by atoms with E-state index in [-0.39, 0.29) is 0 Å². The highest BCUT2D eigenvalue weighted by Gasteiger charge is 2.28. The standard InChI is InChI=1S/C20H25N/c1-3-6-15(4-2)17-7-5-8-19(13-17)20-14-18(11-12-21-20)16-9-10-16/h3-8,11-12,14,16,19-21H,9-10,13H2,1-2H3/b6-3-,15-4+. The molecular weight excluding hydrogens is 254 g/mol. The molecule has 21 heavy (non-hydrogen) atoms. The third-order valence-electron chi connectivity index (χ3n) is 4.59. The molecule has 0 bridgehead atoms. The van der Waals surface area contributed by atoms with Crippen LogP contribution in [0.1, 0.15) is 33.1 Å². The molecule has 3 rings (SSSR count). The van der Waals surface area contributed by atoms with Crippen molar-refractivity contribution in [2.24, 2.45) is 11.8 Å². The highest BCUT2D eigenvalue weighted by Crippen LogP contribution is 2.39. The number of hydrogen-bond donors (Lipinski definition) is 1. The summed E-state index contributed by atoms with van der Waals surface area (Å²) in [5, 5.41) is 3.54. The first-order chi connectivity index (χ1) is 10.3. The molecule has 2 atom stereocenters. The van der Waals surface area contributed by atoms with E-state index >= 15 is 0 Å². The Morgan fingerprint density at radius 2 is 2.14 bits per heavy atom. The molecule has 1 heterocycles. The summed E-state index contributed by atoms with van der Waals surface area (Å²) in [6.07, 6.45) is 24.1. The molecule has 1 fully saturated rings. The number of allylic oxidation sites excluding steroid dienone is 9. The van der Waals surface area contributed by atoms with Gasteiger partial charge in [-0.15, -0.1) is 0 Å². The molecule has 1 nitrogen and oxygen atoms in total. The molecule has 0 radical (unpaired) electrons. The van der Waals surface area contributed by atoms with E-state index in [1.807, 2.05) is 0 Å². The first-order valence-electron chi connectivity index (χ1n) is 8.13. The minimum Gasteiger partial charge on any atom is -0.384 e. The zero-order chi connectivity index (χ0) is 14.7. The maximum atomic E-state index is 3.54. The fourth-order valence-corrected chi connectivity index (χ4v) is 3.24. The van der Waals surface area contributed by atoms with Crippen LogP contribution >= 0.6 is 0 Å². The molecule has 110 valence electrons. The van der Waals surface area contributed by atoms with Crippen molar-refractivity contribution in [3.8, 4) is 0 Å². The first-order valence-corrected chi connectivity index (χ1v) is 8.13. The Bertz CT molecular complexity index is 565. The SMILES string of the molecule is C/C=C\C(=C/C)C1=CC=CC(C2C=C(C3CC3)C=CN2)C1. The second-order valence-electron chi connectivity index (χ2n) is 6.16. The summed E-state index contributed by atoms with van der Waals surface area (Å²) in [6, 6.07) is 0.439. The predicted molar refractivity (Wildman–Crippen MR) is 90.8 cm³/mol. The van der Waals surface area contributed by atoms with Gasteiger partial charge in [-0.25, -0.2) is 0 Å². The van der Waals surface area contributed by atoms with Crippen LogP contribution < -0.4 is 5.32 Å². The van der Waals surface area contributed by atoms with Crippen LogP contribution in [0.5, 0.6) is 0 Å². The van der Waals surface area contributed by atoms with Gasteiger partial charge in [-0.1, -0.05) is 42.5 Å². The van der Waals surface area contributed by atoms with E-state index in [1.165, 1.54) is 24.0 Å². The van der Waals surface area contributed by atoms with E-state index < -0.39 is 0 Å². The van der Waals surface area contributed by atoms with Gasteiger partial charge in [-0.3, -0.25) is 0 Å². The van der Waals surface area contributed by atoms with Crippen molar-refractivity contribution in [2.75, 3.05) is 0 Å². The number of nitrogens with one attached hydrogen (secondary N) is 1. The van der Waals surface area contributed by atoms with Crippen molar-refractivity contribution in [3.05, 3.63) is 71.5 Å². The molecular formula is C20H25N. The molecule has 0 spiro atoms. The number of hydrogen-bond acceptors (Lipinski definition) is 1. The quantitative estimate of drug-likeness (QED) is 0.727. The second kappa shape index (κ2) is 6.34. The maximum absolute atomic E-state index is 3.54. The highest BCUT2D eigenvalue weighted by molar-refractivity contribution is 5.44. The van der Waals surface area contributed by atoms with Gasteiger partial charge in [0, 0.05) is 5.92 Å². The molecule has 0 aromatic rings. The zero-order valence-corrected chi connectivity index (χ0v) is 13.0. The summed E-state index contributed by atoms with van der Waals surface area (Å²) in [5.74, 6) is 1.38. The molecule has 1 saturated carbocycles. The van der Waals surface area contributed by atoms with Gasteiger partial charge in [0.1, 0.15) is 0 Å². The number of dihydropyridines is 1. The van der Waals surface area contributed by atoms with Gasteiger partial charge in [0.15, 0.2) is 0 Å². The van der Waals surface area contributed by atoms with Crippen molar-refractivity contribution in [3.63, 3.8) is 0 Å². The predicted octanol–water partition coefficient (Wildman–Crippen LogP) is 4.83. The minimum atomic E-state index is 0.439. The van der Waals surface area contributed by atoms with Crippen LogP contribution in [0, 0.1) is 11.8 Å². The van der Waals surface area contributed by atoms with Crippen LogP contribution in [-0.4, -0.2) is 6.04 Å². The lowest BCUT2D eigenvalue weighted by Gasteiger charge is -2.28. The van der Waals surface area contributed by atoms with Crippen LogP contribution in [0.15, 0.2) is 71.5 Å². The Kier molecular flexibility index (Phi) is 4.28. The zero-order valence-electron chi connectivity index (χ0n) is 13.0. The average molecular weight is 279 g/mol. The van der Waals surface area contributed by atoms with Gasteiger partial charge < -0.3 is 5.32 Å². The van der Waals surface area contributed by atoms with Crippen molar-refractivity contribution >= 4 is 0 Å². The van der Waals surface area contributed by atoms with Crippen molar-refractivity contribution in [2.45, 2.75) is 39.2 Å². The third-order valence-corrected chi connectivity index (χ3v) is 4.59. The fraction of sp³-hybridized carbons (Fsp3) is 0.400. The summed E-state index contributed by atoms with van der Waals surface area (Å²) in [4.78, 5) is 0. The van der Waals surface area contributed by atoms with Crippen LogP contribution in [0.3, 0.4) is 0 Å². The summed E-state index contributed by atoms with van der Waals surface area (Å²) >= 11 is 0. The van der Waals surface area contributed by atoms with Gasteiger partial charge in [0.25, 0.3) is 0 Å². The molecule has 0 aromatic carbocycles. The number of rotatable bonds is 4. The average Bonchev–Trinajstić information content (AvgIpc) is 3.38. The molecule has 0 amide bonds. The van der Waals surface area contributed by atoms with Gasteiger partial charge >= 0.3 is 0 Å². The molecule has 2 unspecified atom stereocenters. The summed E-state index contributed by atoms with van der Waals surface area (Å²) in [7, 11) is 0. The van der Waals surface area contributed by atoms with Crippen LogP contribution in [0.25, 0.3) is 0 Å². The van der Waals surface area contributed by atoms with Crippen LogP contribution in [0.4, 0.5) is 0 Å². The Balaban J connectivity index is 1.72. The fourth-order valence-electron chi connectivity index (χ4n) is 3.24. The molecule has 1 heteroatoms. The van der Waals surface area contributed by atoms with Crippen molar-refractivity contribution in [1.29, 1.82) is 0 Å². The van der Waals surface area contributed by atoms with Gasteiger partial charge in [-0.05, 0) is 68.0 Å². The normalized spacial score (nSPS) is 29.3. The Morgan fingerprint density at radius 3 is 2.86 bits per heavy atom. The largest absolute Gasteiger partial charge is 0.384 e. The first kappa shape index (κ1) is 14.2. The summed E-state index contributed by atoms with van der Waals surface area (Å²) in [5.41, 5.74) is 4.34. The van der Waals surface area contributed by atoms with Crippen molar-refractivity contribution < 1.29 is 0 Å². The van der Waals surface area contributed by atoms with E-state index in [0.717, 1.165) is 12.3 Å². The van der Waals surface area contributed by atoms with Crippen LogP contribution in [0.2, 0.25) is 0 Å². The molecule has 2 aliphatic carbocycles. The van der Waals surface area contributed by atoms with Crippen LogP contribution in [-0.2, 0) is 0 Å². The highest BCUT2D eigenvalue weighted by atomic mass is 14.9. The second-order valence-corrected chi connectivity index (χ2v) is 6.16. The van der Waals surface area contributed by atoms with E-state index in [9.17, 15) is 0 Å². The molecule has 0 aromatic heterocycles. The van der Waals surface area contributed by atoms with Gasteiger partial charge in [-0.2, -0.15) is 0 Å². The molecule has 1 aliphatic heterocycles. The lowest BCUT2D eigenvalue weighted by molar-refractivity contribution is 0.508. The van der Waals surface area contributed by atoms with E-state index in [1.54, 1.807) is 5.57 Å². The van der Waals surface area contributed by atoms with Gasteiger partial charge in [0.2, 0.25) is 0 Å². The van der Waals surface area contributed by atoms with Gasteiger partial charge in [0.05, 0.1) is 6.04 Å². The molecule has 1 N–H and O–H groups in total. The Morgan fingerprint density at radius 1 is 1.29 bits per heavy atom. The van der Waals surface area contributed by atoms with E-state index in [2.05, 4.69) is 74.0 Å². The van der Waals surface area contributed by atoms with E-state index in [4.69, 9.17) is 0 Å². The Labute approximate surface area is 128 Å². The molecule has 3 aliphatic rings. The summed E-state index contributed by atoms with van der Waals surface area (Å²) in [6.45, 7) is 4.20. The van der Waals surface area contributed by atoms with Crippen molar-refractivity contribution in [1.82, 2.24) is 5.32 Å². The smallest absolute Gasteiger partial charge is 0.0510 e. The maximum Gasteiger partial charge on any atom is 0.0510 e. The minimum absolute atomic E-state index is 0.439.